The van der Waals surface area contributed by atoms with Crippen LogP contribution in [0.1, 0.15) is 21.5 Å². The number of hydrogen-bond acceptors (Lipinski definition) is 3. The molecule has 0 atom stereocenters. The Balaban J connectivity index is 2.25. The summed E-state index contributed by atoms with van der Waals surface area (Å²) in [6.45, 7) is 1.67. The van der Waals surface area contributed by atoms with Crippen LogP contribution in [0.2, 0.25) is 0 Å². The molecule has 2 rings (SSSR count). The predicted octanol–water partition coefficient (Wildman–Crippen LogP) is 3.67. The van der Waals surface area contributed by atoms with Crippen molar-refractivity contribution < 1.29 is 18.3 Å². The fourth-order valence-electron chi connectivity index (χ4n) is 1.99. The Morgan fingerprint density at radius 1 is 1.19 bits per heavy atom. The molecule has 0 saturated heterocycles. The van der Waals surface area contributed by atoms with Gasteiger partial charge in [0.25, 0.3) is 0 Å². The van der Waals surface area contributed by atoms with Gasteiger partial charge in [-0.25, -0.2) is 13.6 Å². The number of aryl methyl sites for hydroxylation is 1. The molecule has 0 radical (unpaired) electrons. The van der Waals surface area contributed by atoms with Crippen LogP contribution in [-0.2, 0) is 11.3 Å². The van der Waals surface area contributed by atoms with Gasteiger partial charge in [-0.15, -0.1) is 0 Å². The first kappa shape index (κ1) is 15.0. The van der Waals surface area contributed by atoms with Gasteiger partial charge in [0.15, 0.2) is 5.82 Å². The van der Waals surface area contributed by atoms with Crippen molar-refractivity contribution in [3.63, 3.8) is 0 Å². The lowest BCUT2D eigenvalue weighted by Gasteiger charge is -2.12. The van der Waals surface area contributed by atoms with Gasteiger partial charge in [0.2, 0.25) is 0 Å². The van der Waals surface area contributed by atoms with Gasteiger partial charge in [0, 0.05) is 6.54 Å². The van der Waals surface area contributed by atoms with E-state index in [-0.39, 0.29) is 12.2 Å². The molecule has 0 aromatic heterocycles. The number of nitrogens with one attached hydrogen (secondary N) is 1. The summed E-state index contributed by atoms with van der Waals surface area (Å²) in [6, 6.07) is 9.32. The van der Waals surface area contributed by atoms with Crippen LogP contribution in [0.3, 0.4) is 0 Å². The van der Waals surface area contributed by atoms with Gasteiger partial charge in [0.1, 0.15) is 11.5 Å². The average Bonchev–Trinajstić information content (AvgIpc) is 2.50. The standard InChI is InChI=1S/C16H15F2NO2/c1-10-7-8-13(17)15(14(10)18)19-9-11-5-3-4-6-12(11)16(20)21-2/h3-8,19H,9H2,1-2H3. The third-order valence-corrected chi connectivity index (χ3v) is 3.16. The quantitative estimate of drug-likeness (QED) is 0.873. The van der Waals surface area contributed by atoms with E-state index in [1.807, 2.05) is 0 Å². The lowest BCUT2D eigenvalue weighted by molar-refractivity contribution is 0.0599. The maximum absolute atomic E-state index is 13.9. The van der Waals surface area contributed by atoms with Crippen molar-refractivity contribution in [3.8, 4) is 0 Å². The maximum atomic E-state index is 13.9. The SMILES string of the molecule is COC(=O)c1ccccc1CNc1c(F)ccc(C)c1F. The Bertz CT molecular complexity index is 671. The number of esters is 1. The second-order valence-electron chi connectivity index (χ2n) is 4.56. The third kappa shape index (κ3) is 3.18. The molecule has 2 aromatic carbocycles. The Labute approximate surface area is 121 Å². The minimum atomic E-state index is -0.673. The highest BCUT2D eigenvalue weighted by atomic mass is 19.1. The van der Waals surface area contributed by atoms with Crippen LogP contribution in [0.5, 0.6) is 0 Å². The van der Waals surface area contributed by atoms with Crippen LogP contribution in [-0.4, -0.2) is 13.1 Å². The zero-order valence-corrected chi connectivity index (χ0v) is 11.7. The molecule has 0 heterocycles. The molecule has 0 aliphatic rings. The molecule has 110 valence electrons. The third-order valence-electron chi connectivity index (χ3n) is 3.16. The number of hydrogen-bond donors (Lipinski definition) is 1. The summed E-state index contributed by atoms with van der Waals surface area (Å²) in [7, 11) is 1.28. The van der Waals surface area contributed by atoms with Gasteiger partial charge < -0.3 is 10.1 Å². The highest BCUT2D eigenvalue weighted by molar-refractivity contribution is 5.91. The summed E-state index contributed by atoms with van der Waals surface area (Å²) >= 11 is 0. The average molecular weight is 291 g/mol. The Hall–Kier alpha value is -2.43. The van der Waals surface area contributed by atoms with E-state index in [0.717, 1.165) is 0 Å². The largest absolute Gasteiger partial charge is 0.465 e. The lowest BCUT2D eigenvalue weighted by atomic mass is 10.1. The molecule has 3 nitrogen and oxygen atoms in total. The van der Waals surface area contributed by atoms with Gasteiger partial charge >= 0.3 is 5.97 Å². The summed E-state index contributed by atoms with van der Waals surface area (Å²) in [4.78, 5) is 11.6. The molecule has 5 heteroatoms. The van der Waals surface area contributed by atoms with E-state index < -0.39 is 17.6 Å². The van der Waals surface area contributed by atoms with Gasteiger partial charge in [-0.2, -0.15) is 0 Å². The van der Waals surface area contributed by atoms with E-state index in [9.17, 15) is 13.6 Å². The zero-order chi connectivity index (χ0) is 15.4. The lowest BCUT2D eigenvalue weighted by Crippen LogP contribution is -2.10. The first-order chi connectivity index (χ1) is 10.0. The molecule has 0 fully saturated rings. The summed E-state index contributed by atoms with van der Waals surface area (Å²) in [5, 5.41) is 2.70. The van der Waals surface area contributed by atoms with Crippen molar-refractivity contribution in [1.82, 2.24) is 0 Å². The normalized spacial score (nSPS) is 10.3. The minimum absolute atomic E-state index is 0.114. The van der Waals surface area contributed by atoms with Crippen LogP contribution in [0.25, 0.3) is 0 Å². The van der Waals surface area contributed by atoms with Crippen molar-refractivity contribution in [3.05, 3.63) is 64.7 Å². The second-order valence-corrected chi connectivity index (χ2v) is 4.56. The van der Waals surface area contributed by atoms with Crippen LogP contribution >= 0.6 is 0 Å². The van der Waals surface area contributed by atoms with E-state index in [4.69, 9.17) is 0 Å². The number of halogens is 2. The Morgan fingerprint density at radius 2 is 1.90 bits per heavy atom. The number of anilines is 1. The first-order valence-corrected chi connectivity index (χ1v) is 6.39. The number of benzene rings is 2. The van der Waals surface area contributed by atoms with E-state index in [1.54, 1.807) is 31.2 Å². The molecule has 0 bridgehead atoms. The molecule has 21 heavy (non-hydrogen) atoms. The number of carbonyl (C=O) groups is 1. The monoisotopic (exact) mass is 291 g/mol. The van der Waals surface area contributed by atoms with E-state index >= 15 is 0 Å². The predicted molar refractivity (Wildman–Crippen MR) is 76.2 cm³/mol. The smallest absolute Gasteiger partial charge is 0.338 e. The van der Waals surface area contributed by atoms with Crippen molar-refractivity contribution in [2.24, 2.45) is 0 Å². The number of ether oxygens (including phenoxy) is 1. The number of rotatable bonds is 4. The second kappa shape index (κ2) is 6.35. The van der Waals surface area contributed by atoms with E-state index in [2.05, 4.69) is 10.1 Å². The van der Waals surface area contributed by atoms with Crippen molar-refractivity contribution >= 4 is 11.7 Å². The minimum Gasteiger partial charge on any atom is -0.465 e. The van der Waals surface area contributed by atoms with Crippen molar-refractivity contribution in [2.75, 3.05) is 12.4 Å². The Kier molecular flexibility index (Phi) is 4.52. The fourth-order valence-corrected chi connectivity index (χ4v) is 1.99. The van der Waals surface area contributed by atoms with Gasteiger partial charge in [-0.1, -0.05) is 24.3 Å². The first-order valence-electron chi connectivity index (χ1n) is 6.39. The fraction of sp³-hybridized carbons (Fsp3) is 0.188. The van der Waals surface area contributed by atoms with E-state index in [0.29, 0.717) is 16.7 Å². The van der Waals surface area contributed by atoms with Crippen LogP contribution in [0, 0.1) is 18.6 Å². The molecular weight excluding hydrogens is 276 g/mol. The van der Waals surface area contributed by atoms with Crippen molar-refractivity contribution in [1.29, 1.82) is 0 Å². The highest BCUT2D eigenvalue weighted by Crippen LogP contribution is 2.23. The molecule has 0 saturated carbocycles. The maximum Gasteiger partial charge on any atom is 0.338 e. The summed E-state index contributed by atoms with van der Waals surface area (Å²) < 4.78 is 32.2. The summed E-state index contributed by atoms with van der Waals surface area (Å²) in [5.41, 5.74) is 1.11. The molecule has 0 aliphatic heterocycles. The Morgan fingerprint density at radius 3 is 2.62 bits per heavy atom. The van der Waals surface area contributed by atoms with Crippen LogP contribution < -0.4 is 5.32 Å². The molecule has 0 amide bonds. The summed E-state index contributed by atoms with van der Waals surface area (Å²) in [6.07, 6.45) is 0. The molecule has 2 aromatic rings. The zero-order valence-electron chi connectivity index (χ0n) is 11.7. The molecule has 0 spiro atoms. The van der Waals surface area contributed by atoms with E-state index in [1.165, 1.54) is 19.2 Å². The molecule has 0 aliphatic carbocycles. The van der Waals surface area contributed by atoms with Crippen LogP contribution in [0.4, 0.5) is 14.5 Å². The summed E-state index contributed by atoms with van der Waals surface area (Å²) in [5.74, 6) is -1.79. The molecule has 0 unspecified atom stereocenters. The van der Waals surface area contributed by atoms with Crippen LogP contribution in [0.15, 0.2) is 36.4 Å². The van der Waals surface area contributed by atoms with Gasteiger partial charge in [-0.05, 0) is 30.2 Å². The highest BCUT2D eigenvalue weighted by Gasteiger charge is 2.14. The van der Waals surface area contributed by atoms with Crippen molar-refractivity contribution in [2.45, 2.75) is 13.5 Å². The molecular formula is C16H15F2NO2. The molecule has 1 N–H and O–H groups in total. The van der Waals surface area contributed by atoms with Gasteiger partial charge in [-0.3, -0.25) is 0 Å². The topological polar surface area (TPSA) is 38.3 Å². The van der Waals surface area contributed by atoms with Gasteiger partial charge in [0.05, 0.1) is 12.7 Å². The number of carbonyl (C=O) groups excluding carboxylic acids is 1. The number of methoxy groups -OCH3 is 1.